The Morgan fingerprint density at radius 1 is 0.941 bits per heavy atom. The van der Waals surface area contributed by atoms with Crippen LogP contribution in [0.15, 0.2) is 82.2 Å². The largest absolute Gasteiger partial charge is 0.482 e. The van der Waals surface area contributed by atoms with Gasteiger partial charge >= 0.3 is 0 Å². The van der Waals surface area contributed by atoms with E-state index in [1.165, 1.54) is 11.3 Å². The number of carbonyl (C=O) groups excluding carboxylic acids is 1. The van der Waals surface area contributed by atoms with Crippen LogP contribution in [-0.2, 0) is 4.79 Å². The lowest BCUT2D eigenvalue weighted by molar-refractivity contribution is -0.118. The summed E-state index contributed by atoms with van der Waals surface area (Å²) in [5, 5.41) is 9.61. The van der Waals surface area contributed by atoms with E-state index in [1.807, 2.05) is 72.1 Å². The van der Waals surface area contributed by atoms with Gasteiger partial charge in [-0.1, -0.05) is 18.2 Å². The van der Waals surface area contributed by atoms with E-state index in [0.29, 0.717) is 22.0 Å². The number of hydrogen-bond donors (Lipinski definition) is 1. The van der Waals surface area contributed by atoms with Crippen molar-refractivity contribution in [3.05, 3.63) is 82.5 Å². The number of fused-ring (bicyclic) bond motifs is 2. The van der Waals surface area contributed by atoms with Gasteiger partial charge in [-0.15, -0.1) is 11.3 Å². The third kappa shape index (κ3) is 3.93. The SMILES string of the molecule is O=C1COc2ccc(-c3csc(=Nc4ccccc4)n3N=Cc3ccc4c(c3)OCO4)cc2N1. The van der Waals surface area contributed by atoms with Gasteiger partial charge in [-0.3, -0.25) is 4.79 Å². The number of aromatic nitrogens is 1. The van der Waals surface area contributed by atoms with Crippen molar-refractivity contribution in [3.63, 3.8) is 0 Å². The molecule has 0 bridgehead atoms. The van der Waals surface area contributed by atoms with Crippen molar-refractivity contribution in [3.8, 4) is 28.5 Å². The molecule has 0 unspecified atom stereocenters. The Kier molecular flexibility index (Phi) is 5.08. The van der Waals surface area contributed by atoms with Gasteiger partial charge in [0.1, 0.15) is 5.75 Å². The van der Waals surface area contributed by atoms with Crippen molar-refractivity contribution in [1.82, 2.24) is 4.68 Å². The molecule has 0 saturated carbocycles. The summed E-state index contributed by atoms with van der Waals surface area (Å²) in [5.41, 5.74) is 4.03. The number of anilines is 1. The molecule has 34 heavy (non-hydrogen) atoms. The molecule has 1 N–H and O–H groups in total. The maximum absolute atomic E-state index is 11.8. The van der Waals surface area contributed by atoms with Crippen molar-refractivity contribution < 1.29 is 19.0 Å². The molecule has 0 aliphatic carbocycles. The molecule has 1 aromatic heterocycles. The first-order chi connectivity index (χ1) is 16.7. The van der Waals surface area contributed by atoms with E-state index in [4.69, 9.17) is 24.3 Å². The Labute approximate surface area is 198 Å². The second-order valence-corrected chi connectivity index (χ2v) is 8.40. The third-order valence-electron chi connectivity index (χ3n) is 5.29. The minimum atomic E-state index is -0.177. The standard InChI is InChI=1S/C25H18N4O4S/c30-24-13-31-21-9-7-17(11-19(21)28-24)20-14-34-25(27-18-4-2-1-3-5-18)29(20)26-12-16-6-8-22-23(10-16)33-15-32-22/h1-12,14H,13,15H2,(H,28,30). The van der Waals surface area contributed by atoms with E-state index in [2.05, 4.69) is 5.32 Å². The lowest BCUT2D eigenvalue weighted by Crippen LogP contribution is -2.25. The quantitative estimate of drug-likeness (QED) is 0.448. The number of thiazole rings is 1. The van der Waals surface area contributed by atoms with Crippen molar-refractivity contribution >= 4 is 34.8 Å². The zero-order valence-electron chi connectivity index (χ0n) is 17.8. The van der Waals surface area contributed by atoms with Crippen LogP contribution in [0.1, 0.15) is 5.56 Å². The summed E-state index contributed by atoms with van der Waals surface area (Å²) < 4.78 is 18.2. The van der Waals surface area contributed by atoms with E-state index in [-0.39, 0.29) is 19.3 Å². The summed E-state index contributed by atoms with van der Waals surface area (Å²) in [6.07, 6.45) is 1.76. The fraction of sp³-hybridized carbons (Fsp3) is 0.0800. The van der Waals surface area contributed by atoms with E-state index in [0.717, 1.165) is 28.3 Å². The van der Waals surface area contributed by atoms with Crippen LogP contribution >= 0.6 is 11.3 Å². The van der Waals surface area contributed by atoms with Gasteiger partial charge in [0.05, 0.1) is 23.3 Å². The molecule has 4 aromatic rings. The molecule has 2 aliphatic heterocycles. The molecule has 9 heteroatoms. The van der Waals surface area contributed by atoms with Gasteiger partial charge in [0.2, 0.25) is 11.6 Å². The van der Waals surface area contributed by atoms with E-state index >= 15 is 0 Å². The molecule has 0 fully saturated rings. The van der Waals surface area contributed by atoms with Crippen molar-refractivity contribution in [1.29, 1.82) is 0 Å². The molecule has 0 radical (unpaired) electrons. The number of amides is 1. The fourth-order valence-electron chi connectivity index (χ4n) is 3.66. The van der Waals surface area contributed by atoms with E-state index in [1.54, 1.807) is 10.9 Å². The number of hydrogen-bond acceptors (Lipinski definition) is 7. The highest BCUT2D eigenvalue weighted by atomic mass is 32.1. The molecule has 2 aliphatic rings. The summed E-state index contributed by atoms with van der Waals surface area (Å²) >= 11 is 1.48. The Hall–Kier alpha value is -4.37. The summed E-state index contributed by atoms with van der Waals surface area (Å²) in [6.45, 7) is 0.239. The average molecular weight is 471 g/mol. The minimum absolute atomic E-state index is 0.0186. The number of para-hydroxylation sites is 1. The van der Waals surface area contributed by atoms with E-state index in [9.17, 15) is 4.79 Å². The number of ether oxygens (including phenoxy) is 3. The molecule has 8 nitrogen and oxygen atoms in total. The number of nitrogens with one attached hydrogen (secondary N) is 1. The lowest BCUT2D eigenvalue weighted by Gasteiger charge is -2.18. The first-order valence-electron chi connectivity index (χ1n) is 10.5. The highest BCUT2D eigenvalue weighted by Crippen LogP contribution is 2.34. The molecule has 0 spiro atoms. The number of nitrogens with zero attached hydrogens (tertiary/aromatic N) is 3. The summed E-state index contributed by atoms with van der Waals surface area (Å²) in [7, 11) is 0. The van der Waals surface area contributed by atoms with Gasteiger partial charge < -0.3 is 19.5 Å². The Balaban J connectivity index is 1.44. The molecule has 3 aromatic carbocycles. The minimum Gasteiger partial charge on any atom is -0.482 e. The van der Waals surface area contributed by atoms with Crippen molar-refractivity contribution in [2.45, 2.75) is 0 Å². The predicted octanol–water partition coefficient (Wildman–Crippen LogP) is 4.39. The first kappa shape index (κ1) is 20.3. The van der Waals surface area contributed by atoms with Crippen LogP contribution in [0.3, 0.4) is 0 Å². The highest BCUT2D eigenvalue weighted by molar-refractivity contribution is 7.07. The molecule has 0 saturated heterocycles. The molecule has 0 atom stereocenters. The molecule has 1 amide bonds. The topological polar surface area (TPSA) is 86.4 Å². The molecule has 6 rings (SSSR count). The molecule has 168 valence electrons. The lowest BCUT2D eigenvalue weighted by atomic mass is 10.1. The first-order valence-corrected chi connectivity index (χ1v) is 11.4. The maximum atomic E-state index is 11.8. The van der Waals surface area contributed by atoms with Gasteiger partial charge in [0.25, 0.3) is 5.91 Å². The van der Waals surface area contributed by atoms with Crippen LogP contribution in [0.25, 0.3) is 11.3 Å². The number of carbonyl (C=O) groups is 1. The average Bonchev–Trinajstić information content (AvgIpc) is 3.49. The Bertz CT molecular complexity index is 1490. The second kappa shape index (κ2) is 8.53. The van der Waals surface area contributed by atoms with Gasteiger partial charge in [-0.25, -0.2) is 9.67 Å². The Morgan fingerprint density at radius 2 is 1.79 bits per heavy atom. The highest BCUT2D eigenvalue weighted by Gasteiger charge is 2.18. The predicted molar refractivity (Wildman–Crippen MR) is 129 cm³/mol. The fourth-order valence-corrected chi connectivity index (χ4v) is 4.52. The van der Waals surface area contributed by atoms with Crippen molar-refractivity contribution in [2.75, 3.05) is 18.7 Å². The van der Waals surface area contributed by atoms with Crippen LogP contribution < -0.4 is 24.3 Å². The van der Waals surface area contributed by atoms with Crippen LogP contribution in [0.2, 0.25) is 0 Å². The third-order valence-corrected chi connectivity index (χ3v) is 6.11. The molecular weight excluding hydrogens is 452 g/mol. The number of benzene rings is 3. The zero-order valence-corrected chi connectivity index (χ0v) is 18.6. The van der Waals surface area contributed by atoms with E-state index < -0.39 is 0 Å². The smallest absolute Gasteiger partial charge is 0.262 e. The van der Waals surface area contributed by atoms with Gasteiger partial charge in [0, 0.05) is 10.9 Å². The molecular formula is C25H18N4O4S. The summed E-state index contributed by atoms with van der Waals surface area (Å²) in [4.78, 5) is 17.3. The van der Waals surface area contributed by atoms with Gasteiger partial charge in [-0.05, 0) is 54.1 Å². The summed E-state index contributed by atoms with van der Waals surface area (Å²) in [5.74, 6) is 1.88. The second-order valence-electron chi connectivity index (χ2n) is 7.57. The van der Waals surface area contributed by atoms with Crippen molar-refractivity contribution in [2.24, 2.45) is 10.1 Å². The maximum Gasteiger partial charge on any atom is 0.262 e. The van der Waals surface area contributed by atoms with Gasteiger partial charge in [-0.2, -0.15) is 5.10 Å². The normalized spacial score (nSPS) is 14.7. The monoisotopic (exact) mass is 470 g/mol. The van der Waals surface area contributed by atoms with Crippen LogP contribution in [0.4, 0.5) is 11.4 Å². The van der Waals surface area contributed by atoms with Crippen LogP contribution in [0, 0.1) is 0 Å². The zero-order chi connectivity index (χ0) is 22.9. The van der Waals surface area contributed by atoms with Crippen LogP contribution in [0.5, 0.6) is 17.2 Å². The Morgan fingerprint density at radius 3 is 2.71 bits per heavy atom. The summed E-state index contributed by atoms with van der Waals surface area (Å²) in [6, 6.07) is 21.1. The van der Waals surface area contributed by atoms with Gasteiger partial charge in [0.15, 0.2) is 18.1 Å². The number of rotatable bonds is 4. The van der Waals surface area contributed by atoms with Crippen LogP contribution in [-0.4, -0.2) is 30.2 Å². The molecule has 3 heterocycles.